The Bertz CT molecular complexity index is 1110. The van der Waals surface area contributed by atoms with Gasteiger partial charge in [0.25, 0.3) is 0 Å². The molecule has 1 aromatic carbocycles. The second-order valence-corrected chi connectivity index (χ2v) is 7.86. The van der Waals surface area contributed by atoms with Crippen molar-refractivity contribution >= 4 is 43.3 Å². The molecule has 130 valence electrons. The van der Waals surface area contributed by atoms with E-state index in [0.717, 1.165) is 30.7 Å². The fourth-order valence-corrected chi connectivity index (χ4v) is 4.24. The minimum Gasteiger partial charge on any atom is -0.383 e. The summed E-state index contributed by atoms with van der Waals surface area (Å²) in [5, 5.41) is 11.5. The van der Waals surface area contributed by atoms with Gasteiger partial charge in [0.1, 0.15) is 16.8 Å². The number of thiophene rings is 1. The van der Waals surface area contributed by atoms with E-state index in [4.69, 9.17) is 5.73 Å². The molecule has 4 rings (SSSR count). The number of hydrogen-bond acceptors (Lipinski definition) is 6. The van der Waals surface area contributed by atoms with Gasteiger partial charge in [0.15, 0.2) is 5.82 Å². The van der Waals surface area contributed by atoms with Gasteiger partial charge in [0, 0.05) is 21.1 Å². The number of pyridine rings is 1. The van der Waals surface area contributed by atoms with Gasteiger partial charge in [0.2, 0.25) is 0 Å². The van der Waals surface area contributed by atoms with E-state index >= 15 is 0 Å². The van der Waals surface area contributed by atoms with Gasteiger partial charge in [-0.05, 0) is 47.1 Å². The average Bonchev–Trinajstić information content (AvgIpc) is 3.06. The molecule has 0 saturated carbocycles. The monoisotopic (exact) mass is 426 g/mol. The van der Waals surface area contributed by atoms with Gasteiger partial charge in [-0.2, -0.15) is 0 Å². The van der Waals surface area contributed by atoms with Crippen LogP contribution in [0.15, 0.2) is 53.1 Å². The molecular weight excluding hydrogens is 412 g/mol. The Kier molecular flexibility index (Phi) is 4.44. The van der Waals surface area contributed by atoms with E-state index in [-0.39, 0.29) is 0 Å². The van der Waals surface area contributed by atoms with Gasteiger partial charge < -0.3 is 10.8 Å². The molecule has 0 radical (unpaired) electrons. The molecule has 0 bridgehead atoms. The van der Waals surface area contributed by atoms with Crippen LogP contribution in [0.1, 0.15) is 22.2 Å². The fourth-order valence-electron chi connectivity index (χ4n) is 2.74. The van der Waals surface area contributed by atoms with Crippen LogP contribution in [0, 0.1) is 6.92 Å². The lowest BCUT2D eigenvalue weighted by Crippen LogP contribution is -2.00. The number of aliphatic hydroxyl groups is 1. The first-order valence-electron chi connectivity index (χ1n) is 7.95. The molecule has 0 amide bonds. The first kappa shape index (κ1) is 17.1. The van der Waals surface area contributed by atoms with Crippen LogP contribution in [-0.4, -0.2) is 20.1 Å². The number of aryl methyl sites for hydroxylation is 1. The Morgan fingerprint density at radius 1 is 1.15 bits per heavy atom. The van der Waals surface area contributed by atoms with E-state index in [9.17, 15) is 5.11 Å². The van der Waals surface area contributed by atoms with Crippen LogP contribution in [0.2, 0.25) is 0 Å². The number of hydrogen-bond donors (Lipinski definition) is 2. The Morgan fingerprint density at radius 2 is 2.00 bits per heavy atom. The van der Waals surface area contributed by atoms with Crippen LogP contribution in [0.4, 0.5) is 5.82 Å². The standard InChI is InChI=1S/C19H15BrN4OS/c1-10-4-2-5-11(8-10)18-23-17(21)12-9-14(26-19(12)24-18)16(25)15-13(20)6-3-7-22-15/h2-9,16,25H,1H3,(H2,21,23,24). The number of nitrogens with zero attached hydrogens (tertiary/aromatic N) is 3. The second kappa shape index (κ2) is 6.75. The SMILES string of the molecule is Cc1cccc(-c2nc(N)c3cc(C(O)c4ncccc4Br)sc3n2)c1. The molecule has 26 heavy (non-hydrogen) atoms. The summed E-state index contributed by atoms with van der Waals surface area (Å²) in [5.74, 6) is 0.988. The Hall–Kier alpha value is -2.35. The maximum atomic E-state index is 10.7. The highest BCUT2D eigenvalue weighted by atomic mass is 79.9. The molecule has 0 spiro atoms. The van der Waals surface area contributed by atoms with E-state index < -0.39 is 6.10 Å². The van der Waals surface area contributed by atoms with Crippen molar-refractivity contribution in [1.29, 1.82) is 0 Å². The molecule has 3 aromatic heterocycles. The largest absolute Gasteiger partial charge is 0.383 e. The number of nitrogen functional groups attached to an aromatic ring is 1. The average molecular weight is 427 g/mol. The van der Waals surface area contributed by atoms with Crippen LogP contribution in [-0.2, 0) is 0 Å². The second-order valence-electron chi connectivity index (χ2n) is 5.94. The molecule has 3 N–H and O–H groups in total. The molecule has 7 heteroatoms. The summed E-state index contributed by atoms with van der Waals surface area (Å²) in [6.07, 6.45) is 0.798. The first-order valence-corrected chi connectivity index (χ1v) is 9.56. The van der Waals surface area contributed by atoms with Crippen LogP contribution in [0.25, 0.3) is 21.6 Å². The van der Waals surface area contributed by atoms with Crippen molar-refractivity contribution in [3.63, 3.8) is 0 Å². The van der Waals surface area contributed by atoms with Crippen molar-refractivity contribution in [1.82, 2.24) is 15.0 Å². The molecule has 0 aliphatic heterocycles. The normalized spacial score (nSPS) is 12.4. The number of benzene rings is 1. The van der Waals surface area contributed by atoms with E-state index in [1.54, 1.807) is 6.20 Å². The summed E-state index contributed by atoms with van der Waals surface area (Å²) in [4.78, 5) is 14.8. The van der Waals surface area contributed by atoms with E-state index in [1.807, 2.05) is 49.4 Å². The van der Waals surface area contributed by atoms with Crippen LogP contribution in [0.3, 0.4) is 0 Å². The number of nitrogens with two attached hydrogens (primary N) is 1. The number of rotatable bonds is 3. The number of aromatic nitrogens is 3. The zero-order chi connectivity index (χ0) is 18.3. The number of anilines is 1. The minimum atomic E-state index is -0.855. The topological polar surface area (TPSA) is 84.9 Å². The fraction of sp³-hybridized carbons (Fsp3) is 0.105. The molecule has 0 aliphatic carbocycles. The highest BCUT2D eigenvalue weighted by Crippen LogP contribution is 2.36. The van der Waals surface area contributed by atoms with Crippen molar-refractivity contribution in [2.75, 3.05) is 5.73 Å². The van der Waals surface area contributed by atoms with Crippen LogP contribution >= 0.6 is 27.3 Å². The third-order valence-electron chi connectivity index (χ3n) is 4.03. The highest BCUT2D eigenvalue weighted by molar-refractivity contribution is 9.10. The molecule has 0 fully saturated rings. The Labute approximate surface area is 162 Å². The predicted molar refractivity (Wildman–Crippen MR) is 108 cm³/mol. The minimum absolute atomic E-state index is 0.404. The summed E-state index contributed by atoms with van der Waals surface area (Å²) in [7, 11) is 0. The number of aliphatic hydroxyl groups excluding tert-OH is 1. The van der Waals surface area contributed by atoms with Gasteiger partial charge >= 0.3 is 0 Å². The lowest BCUT2D eigenvalue weighted by Gasteiger charge is -2.08. The molecule has 0 aliphatic rings. The predicted octanol–water partition coefficient (Wildman–Crippen LogP) is 4.49. The maximum Gasteiger partial charge on any atom is 0.163 e. The summed E-state index contributed by atoms with van der Waals surface area (Å²) in [6.45, 7) is 2.02. The summed E-state index contributed by atoms with van der Waals surface area (Å²) >= 11 is 4.83. The number of halogens is 1. The van der Waals surface area contributed by atoms with Crippen molar-refractivity contribution in [2.45, 2.75) is 13.0 Å². The highest BCUT2D eigenvalue weighted by Gasteiger charge is 2.20. The zero-order valence-corrected chi connectivity index (χ0v) is 16.3. The molecule has 1 unspecified atom stereocenters. The first-order chi connectivity index (χ1) is 12.5. The van der Waals surface area contributed by atoms with E-state index in [2.05, 4.69) is 30.9 Å². The van der Waals surface area contributed by atoms with Gasteiger partial charge in [0.05, 0.1) is 11.1 Å². The molecule has 5 nitrogen and oxygen atoms in total. The third-order valence-corrected chi connectivity index (χ3v) is 5.78. The van der Waals surface area contributed by atoms with Gasteiger partial charge in [-0.1, -0.05) is 23.8 Å². The van der Waals surface area contributed by atoms with Crippen molar-refractivity contribution < 1.29 is 5.11 Å². The maximum absolute atomic E-state index is 10.7. The molecular formula is C19H15BrN4OS. The molecule has 3 heterocycles. The third kappa shape index (κ3) is 3.09. The van der Waals surface area contributed by atoms with Gasteiger partial charge in [-0.15, -0.1) is 11.3 Å². The summed E-state index contributed by atoms with van der Waals surface area (Å²) in [5.41, 5.74) is 8.77. The summed E-state index contributed by atoms with van der Waals surface area (Å²) < 4.78 is 0.754. The van der Waals surface area contributed by atoms with Crippen molar-refractivity contribution in [3.05, 3.63) is 69.3 Å². The van der Waals surface area contributed by atoms with Crippen molar-refractivity contribution in [3.8, 4) is 11.4 Å². The van der Waals surface area contributed by atoms with Crippen LogP contribution in [0.5, 0.6) is 0 Å². The van der Waals surface area contributed by atoms with E-state index in [0.29, 0.717) is 17.3 Å². The van der Waals surface area contributed by atoms with Gasteiger partial charge in [-0.25, -0.2) is 9.97 Å². The lowest BCUT2D eigenvalue weighted by molar-refractivity contribution is 0.218. The van der Waals surface area contributed by atoms with Crippen LogP contribution < -0.4 is 5.73 Å². The Balaban J connectivity index is 1.80. The zero-order valence-electron chi connectivity index (χ0n) is 13.8. The molecule has 1 atom stereocenters. The van der Waals surface area contributed by atoms with Crippen molar-refractivity contribution in [2.24, 2.45) is 0 Å². The van der Waals surface area contributed by atoms with E-state index in [1.165, 1.54) is 11.3 Å². The van der Waals surface area contributed by atoms with Gasteiger partial charge in [-0.3, -0.25) is 4.98 Å². The molecule has 0 saturated heterocycles. The molecule has 4 aromatic rings. The smallest absolute Gasteiger partial charge is 0.163 e. The lowest BCUT2D eigenvalue weighted by atomic mass is 10.1. The summed E-state index contributed by atoms with van der Waals surface area (Å²) in [6, 6.07) is 13.5. The number of fused-ring (bicyclic) bond motifs is 1. The quantitative estimate of drug-likeness (QED) is 0.503. The Morgan fingerprint density at radius 3 is 2.77 bits per heavy atom.